The Morgan fingerprint density at radius 1 is 1.12 bits per heavy atom. The first-order valence-corrected chi connectivity index (χ1v) is 11.3. The van der Waals surface area contributed by atoms with Crippen LogP contribution in [-0.4, -0.2) is 32.3 Å². The fourth-order valence-corrected chi connectivity index (χ4v) is 6.12. The van der Waals surface area contributed by atoms with E-state index in [1.807, 2.05) is 0 Å². The minimum atomic E-state index is -3.83. The van der Waals surface area contributed by atoms with Crippen LogP contribution in [0.3, 0.4) is 0 Å². The van der Waals surface area contributed by atoms with Crippen molar-refractivity contribution in [3.05, 3.63) is 28.2 Å². The van der Waals surface area contributed by atoms with E-state index in [-0.39, 0.29) is 28.3 Å². The number of halogens is 2. The standard InChI is InChI=1S/C18H24Cl2N2O3S/c19-15-8-7-14(11-16(15)20)26(24,25)18(9-4-10-21-12-18)22-17(23)13-5-2-1-3-6-13/h7-8,11,13,21H,1-6,9-10,12H2,(H,22,23)/t18-/m0/s1. The number of nitrogens with one attached hydrogen (secondary N) is 2. The molecule has 5 nitrogen and oxygen atoms in total. The Balaban J connectivity index is 1.93. The highest BCUT2D eigenvalue weighted by Crippen LogP contribution is 2.34. The lowest BCUT2D eigenvalue weighted by atomic mass is 9.88. The zero-order valence-corrected chi connectivity index (χ0v) is 16.9. The Bertz CT molecular complexity index is 771. The third-order valence-corrected chi connectivity index (χ3v) is 8.48. The predicted octanol–water partition coefficient (Wildman–Crippen LogP) is 3.54. The third-order valence-electron chi connectivity index (χ3n) is 5.39. The first kappa shape index (κ1) is 19.9. The number of piperidine rings is 1. The minimum absolute atomic E-state index is 0.0829. The van der Waals surface area contributed by atoms with Gasteiger partial charge in [-0.1, -0.05) is 42.5 Å². The first-order chi connectivity index (χ1) is 12.4. The highest BCUT2D eigenvalue weighted by Gasteiger charge is 2.47. The van der Waals surface area contributed by atoms with Crippen molar-refractivity contribution in [2.24, 2.45) is 5.92 Å². The molecule has 1 atom stereocenters. The zero-order chi connectivity index (χ0) is 18.8. The molecule has 0 aromatic heterocycles. The molecule has 0 radical (unpaired) electrons. The van der Waals surface area contributed by atoms with Gasteiger partial charge in [0.05, 0.1) is 14.9 Å². The van der Waals surface area contributed by atoms with Gasteiger partial charge in [0, 0.05) is 12.5 Å². The molecule has 0 bridgehead atoms. The van der Waals surface area contributed by atoms with Crippen molar-refractivity contribution >= 4 is 38.9 Å². The molecule has 2 fully saturated rings. The number of hydrogen-bond acceptors (Lipinski definition) is 4. The quantitative estimate of drug-likeness (QED) is 0.783. The molecule has 0 unspecified atom stereocenters. The molecule has 1 aliphatic heterocycles. The number of benzene rings is 1. The van der Waals surface area contributed by atoms with Gasteiger partial charge in [-0.05, 0) is 50.4 Å². The summed E-state index contributed by atoms with van der Waals surface area (Å²) in [6.45, 7) is 0.923. The predicted molar refractivity (Wildman–Crippen MR) is 103 cm³/mol. The molecular weight excluding hydrogens is 395 g/mol. The Morgan fingerprint density at radius 3 is 2.46 bits per heavy atom. The second kappa shape index (κ2) is 8.05. The Kier molecular flexibility index (Phi) is 6.17. The van der Waals surface area contributed by atoms with E-state index in [1.54, 1.807) is 0 Å². The molecule has 8 heteroatoms. The van der Waals surface area contributed by atoms with Gasteiger partial charge in [-0.25, -0.2) is 8.42 Å². The number of hydrogen-bond donors (Lipinski definition) is 2. The van der Waals surface area contributed by atoms with Gasteiger partial charge in [0.15, 0.2) is 4.87 Å². The van der Waals surface area contributed by atoms with E-state index in [1.165, 1.54) is 18.2 Å². The average Bonchev–Trinajstić information content (AvgIpc) is 2.65. The molecule has 26 heavy (non-hydrogen) atoms. The SMILES string of the molecule is O=C(N[C@]1(S(=O)(=O)c2ccc(Cl)c(Cl)c2)CCCNC1)C1CCCCC1. The van der Waals surface area contributed by atoms with Crippen LogP contribution in [0.1, 0.15) is 44.9 Å². The molecule has 2 N–H and O–H groups in total. The van der Waals surface area contributed by atoms with Gasteiger partial charge in [0.2, 0.25) is 15.7 Å². The highest BCUT2D eigenvalue weighted by molar-refractivity contribution is 7.92. The number of amides is 1. The summed E-state index contributed by atoms with van der Waals surface area (Å²) in [6.07, 6.45) is 5.86. The summed E-state index contributed by atoms with van der Waals surface area (Å²) in [5.41, 5.74) is 0. The zero-order valence-electron chi connectivity index (χ0n) is 14.6. The van der Waals surface area contributed by atoms with Gasteiger partial charge >= 0.3 is 0 Å². The molecule has 1 saturated heterocycles. The van der Waals surface area contributed by atoms with Crippen molar-refractivity contribution < 1.29 is 13.2 Å². The summed E-state index contributed by atoms with van der Waals surface area (Å²) in [5, 5.41) is 6.53. The second-order valence-corrected chi connectivity index (χ2v) is 10.3. The molecule has 1 heterocycles. The fraction of sp³-hybridized carbons (Fsp3) is 0.611. The summed E-state index contributed by atoms with van der Waals surface area (Å²) in [6, 6.07) is 4.29. The highest BCUT2D eigenvalue weighted by atomic mass is 35.5. The van der Waals surface area contributed by atoms with Gasteiger partial charge in [0.25, 0.3) is 0 Å². The van der Waals surface area contributed by atoms with Crippen LogP contribution in [0.5, 0.6) is 0 Å². The van der Waals surface area contributed by atoms with Gasteiger partial charge in [-0.3, -0.25) is 4.79 Å². The number of carbonyl (C=O) groups is 1. The summed E-state index contributed by atoms with van der Waals surface area (Å²) in [4.78, 5) is 11.6. The number of sulfone groups is 1. The third kappa shape index (κ3) is 3.88. The first-order valence-electron chi connectivity index (χ1n) is 9.08. The lowest BCUT2D eigenvalue weighted by Gasteiger charge is -2.39. The molecule has 3 rings (SSSR count). The summed E-state index contributed by atoms with van der Waals surface area (Å²) >= 11 is 12.0. The van der Waals surface area contributed by atoms with Gasteiger partial charge in [-0.2, -0.15) is 0 Å². The topological polar surface area (TPSA) is 75.3 Å². The fourth-order valence-electron chi connectivity index (χ4n) is 3.84. The van der Waals surface area contributed by atoms with Crippen LogP contribution in [0.2, 0.25) is 10.0 Å². The summed E-state index contributed by atoms with van der Waals surface area (Å²) in [5.74, 6) is -0.261. The largest absolute Gasteiger partial charge is 0.335 e. The van der Waals surface area contributed by atoms with Crippen LogP contribution >= 0.6 is 23.2 Å². The lowest BCUT2D eigenvalue weighted by Crippen LogP contribution is -2.63. The average molecular weight is 419 g/mol. The number of rotatable bonds is 4. The smallest absolute Gasteiger partial charge is 0.224 e. The Hall–Kier alpha value is -0.820. The molecule has 1 aromatic carbocycles. The van der Waals surface area contributed by atoms with Crippen molar-refractivity contribution in [3.8, 4) is 0 Å². The maximum atomic E-state index is 13.4. The molecule has 1 saturated carbocycles. The van der Waals surface area contributed by atoms with E-state index in [0.29, 0.717) is 17.9 Å². The Morgan fingerprint density at radius 2 is 1.85 bits per heavy atom. The maximum Gasteiger partial charge on any atom is 0.224 e. The maximum absolute atomic E-state index is 13.4. The molecule has 2 aliphatic rings. The van der Waals surface area contributed by atoms with Crippen LogP contribution in [0, 0.1) is 5.92 Å². The minimum Gasteiger partial charge on any atom is -0.335 e. The van der Waals surface area contributed by atoms with Gasteiger partial charge in [-0.15, -0.1) is 0 Å². The van der Waals surface area contributed by atoms with Crippen LogP contribution in [0.4, 0.5) is 0 Å². The van der Waals surface area contributed by atoms with Crippen LogP contribution in [0.15, 0.2) is 23.1 Å². The van der Waals surface area contributed by atoms with E-state index in [0.717, 1.165) is 38.6 Å². The normalized spacial score (nSPS) is 25.0. The molecule has 0 spiro atoms. The van der Waals surface area contributed by atoms with Crippen LogP contribution in [0.25, 0.3) is 0 Å². The van der Waals surface area contributed by atoms with E-state index in [4.69, 9.17) is 23.2 Å². The van der Waals surface area contributed by atoms with E-state index < -0.39 is 14.7 Å². The second-order valence-electron chi connectivity index (χ2n) is 7.18. The Labute approximate surface area is 164 Å². The van der Waals surface area contributed by atoms with Crippen molar-refractivity contribution in [1.82, 2.24) is 10.6 Å². The van der Waals surface area contributed by atoms with E-state index in [2.05, 4.69) is 10.6 Å². The van der Waals surface area contributed by atoms with Crippen molar-refractivity contribution in [1.29, 1.82) is 0 Å². The number of carbonyl (C=O) groups excluding carboxylic acids is 1. The molecule has 144 valence electrons. The summed E-state index contributed by atoms with van der Waals surface area (Å²) < 4.78 is 26.9. The molecule has 1 amide bonds. The van der Waals surface area contributed by atoms with Crippen molar-refractivity contribution in [3.63, 3.8) is 0 Å². The van der Waals surface area contributed by atoms with Crippen molar-refractivity contribution in [2.75, 3.05) is 13.1 Å². The monoisotopic (exact) mass is 418 g/mol. The summed E-state index contributed by atoms with van der Waals surface area (Å²) in [7, 11) is -3.83. The van der Waals surface area contributed by atoms with Crippen LogP contribution in [-0.2, 0) is 14.6 Å². The van der Waals surface area contributed by atoms with E-state index in [9.17, 15) is 13.2 Å². The van der Waals surface area contributed by atoms with Gasteiger partial charge < -0.3 is 10.6 Å². The lowest BCUT2D eigenvalue weighted by molar-refractivity contribution is -0.127. The van der Waals surface area contributed by atoms with Crippen molar-refractivity contribution in [2.45, 2.75) is 54.7 Å². The van der Waals surface area contributed by atoms with Crippen LogP contribution < -0.4 is 10.6 Å². The molecule has 1 aromatic rings. The molecule has 1 aliphatic carbocycles. The van der Waals surface area contributed by atoms with Gasteiger partial charge in [0.1, 0.15) is 0 Å². The molecular formula is C18H24Cl2N2O3S. The van der Waals surface area contributed by atoms with E-state index >= 15 is 0 Å².